The van der Waals surface area contributed by atoms with Crippen LogP contribution in [0.5, 0.6) is 0 Å². The Morgan fingerprint density at radius 3 is 1.94 bits per heavy atom. The summed E-state index contributed by atoms with van der Waals surface area (Å²) in [5.74, 6) is -4.21. The van der Waals surface area contributed by atoms with Crippen molar-refractivity contribution in [3.05, 3.63) is 59.7 Å². The molecule has 2 aromatic rings. The lowest BCUT2D eigenvalue weighted by molar-refractivity contribution is -0.216. The van der Waals surface area contributed by atoms with Gasteiger partial charge in [0, 0.05) is 5.69 Å². The van der Waals surface area contributed by atoms with Gasteiger partial charge >= 0.3 is 12.1 Å². The maximum Gasteiger partial charge on any atom is 0.490 e. The number of fused-ring (bicyclic) bond motifs is 1. The summed E-state index contributed by atoms with van der Waals surface area (Å²) in [6, 6.07) is 12.1. The number of imide groups is 1. The zero-order valence-corrected chi connectivity index (χ0v) is 17.3. The van der Waals surface area contributed by atoms with E-state index in [9.17, 15) is 32.3 Å². The van der Waals surface area contributed by atoms with E-state index in [1.54, 1.807) is 24.3 Å². The molecular formula is C23H19F3N2O5. The summed E-state index contributed by atoms with van der Waals surface area (Å²) in [6.45, 7) is 0. The first kappa shape index (κ1) is 22.5. The lowest BCUT2D eigenvalue weighted by Gasteiger charge is -2.35. The maximum absolute atomic E-state index is 12.9. The lowest BCUT2D eigenvalue weighted by Crippen LogP contribution is -2.50. The van der Waals surface area contributed by atoms with Crippen molar-refractivity contribution in [2.45, 2.75) is 43.9 Å². The monoisotopic (exact) mass is 460 g/mol. The minimum atomic E-state index is -5.21. The first-order valence-corrected chi connectivity index (χ1v) is 10.3. The third-order valence-electron chi connectivity index (χ3n) is 5.77. The van der Waals surface area contributed by atoms with Crippen molar-refractivity contribution in [2.75, 3.05) is 10.2 Å². The SMILES string of the molecule is O=C1c2ccccc2C(=O)N1c1ccc(NC(=O)C2(OC(=O)C(F)(F)F)CCCCC2)cc1. The van der Waals surface area contributed by atoms with Crippen molar-refractivity contribution < 1.29 is 37.1 Å². The fourth-order valence-corrected chi connectivity index (χ4v) is 4.10. The van der Waals surface area contributed by atoms with Crippen molar-refractivity contribution >= 4 is 35.1 Å². The highest BCUT2D eigenvalue weighted by atomic mass is 19.4. The zero-order chi connectivity index (χ0) is 23.8. The fourth-order valence-electron chi connectivity index (χ4n) is 4.10. The number of nitrogens with one attached hydrogen (secondary N) is 1. The van der Waals surface area contributed by atoms with Crippen LogP contribution in [-0.2, 0) is 14.3 Å². The number of nitrogens with zero attached hydrogens (tertiary/aromatic N) is 1. The molecule has 0 bridgehead atoms. The number of benzene rings is 2. The molecule has 1 aliphatic heterocycles. The van der Waals surface area contributed by atoms with E-state index >= 15 is 0 Å². The van der Waals surface area contributed by atoms with Crippen LogP contribution in [0.3, 0.4) is 0 Å². The van der Waals surface area contributed by atoms with Crippen LogP contribution >= 0.6 is 0 Å². The molecule has 0 aromatic heterocycles. The Labute approximate surface area is 186 Å². The molecule has 0 saturated heterocycles. The third kappa shape index (κ3) is 4.20. The standard InChI is InChI=1S/C23H19F3N2O5/c24-23(25,26)21(32)33-22(12-4-1-5-13-22)20(31)27-14-8-10-15(11-9-14)28-18(29)16-6-2-3-7-17(16)19(28)30/h2-3,6-11H,1,4-5,12-13H2,(H,27,31). The number of ether oxygens (including phenoxy) is 1. The number of hydrogen-bond donors (Lipinski definition) is 1. The number of anilines is 2. The molecule has 0 spiro atoms. The van der Waals surface area contributed by atoms with E-state index in [1.807, 2.05) is 0 Å². The Morgan fingerprint density at radius 2 is 1.42 bits per heavy atom. The summed E-state index contributed by atoms with van der Waals surface area (Å²) >= 11 is 0. The van der Waals surface area contributed by atoms with E-state index < -0.39 is 35.5 Å². The van der Waals surface area contributed by atoms with E-state index in [0.29, 0.717) is 19.3 Å². The molecule has 2 aliphatic rings. The molecule has 1 heterocycles. The van der Waals surface area contributed by atoms with E-state index in [4.69, 9.17) is 0 Å². The summed E-state index contributed by atoms with van der Waals surface area (Å²) in [5.41, 5.74) is -0.855. The Balaban J connectivity index is 1.51. The molecule has 2 aromatic carbocycles. The highest BCUT2D eigenvalue weighted by Crippen LogP contribution is 2.35. The molecule has 4 rings (SSSR count). The van der Waals surface area contributed by atoms with E-state index in [1.165, 1.54) is 24.3 Å². The van der Waals surface area contributed by atoms with Crippen molar-refractivity contribution in [1.82, 2.24) is 0 Å². The van der Waals surface area contributed by atoms with E-state index in [-0.39, 0.29) is 35.3 Å². The quantitative estimate of drug-likeness (QED) is 0.545. The molecule has 1 N–H and O–H groups in total. The number of amides is 3. The second-order valence-corrected chi connectivity index (χ2v) is 7.93. The van der Waals surface area contributed by atoms with Crippen LogP contribution in [0.1, 0.15) is 52.8 Å². The molecule has 0 radical (unpaired) electrons. The highest BCUT2D eigenvalue weighted by molar-refractivity contribution is 6.34. The predicted octanol–water partition coefficient (Wildman–Crippen LogP) is 4.23. The second-order valence-electron chi connectivity index (χ2n) is 7.93. The lowest BCUT2D eigenvalue weighted by atomic mass is 9.83. The molecule has 1 aliphatic carbocycles. The Hall–Kier alpha value is -3.69. The molecule has 33 heavy (non-hydrogen) atoms. The number of esters is 1. The van der Waals surface area contributed by atoms with Crippen LogP contribution in [0.25, 0.3) is 0 Å². The minimum absolute atomic E-state index is 0.0201. The number of alkyl halides is 3. The second kappa shape index (κ2) is 8.34. The highest BCUT2D eigenvalue weighted by Gasteiger charge is 2.50. The molecule has 1 fully saturated rings. The van der Waals surface area contributed by atoms with Crippen molar-refractivity contribution in [3.8, 4) is 0 Å². The molecular weight excluding hydrogens is 441 g/mol. The third-order valence-corrected chi connectivity index (χ3v) is 5.77. The van der Waals surface area contributed by atoms with Crippen molar-refractivity contribution in [2.24, 2.45) is 0 Å². The number of carbonyl (C=O) groups is 4. The van der Waals surface area contributed by atoms with Gasteiger partial charge in [0.2, 0.25) is 0 Å². The number of hydrogen-bond acceptors (Lipinski definition) is 5. The van der Waals surface area contributed by atoms with Crippen LogP contribution in [0.4, 0.5) is 24.5 Å². The van der Waals surface area contributed by atoms with Gasteiger partial charge in [-0.2, -0.15) is 13.2 Å². The van der Waals surface area contributed by atoms with Gasteiger partial charge in [-0.1, -0.05) is 18.6 Å². The molecule has 172 valence electrons. The minimum Gasteiger partial charge on any atom is -0.442 e. The first-order valence-electron chi connectivity index (χ1n) is 10.3. The summed E-state index contributed by atoms with van der Waals surface area (Å²) in [5, 5.41) is 2.49. The van der Waals surface area contributed by atoms with Gasteiger partial charge in [-0.15, -0.1) is 0 Å². The molecule has 3 amide bonds. The van der Waals surface area contributed by atoms with E-state index in [2.05, 4.69) is 10.1 Å². The zero-order valence-electron chi connectivity index (χ0n) is 17.3. The van der Waals surface area contributed by atoms with Gasteiger partial charge in [0.15, 0.2) is 5.60 Å². The van der Waals surface area contributed by atoms with Gasteiger partial charge in [-0.05, 0) is 62.1 Å². The number of halogens is 3. The van der Waals surface area contributed by atoms with Crippen LogP contribution in [0, 0.1) is 0 Å². The van der Waals surface area contributed by atoms with Crippen LogP contribution in [0.15, 0.2) is 48.5 Å². The van der Waals surface area contributed by atoms with E-state index in [0.717, 1.165) is 4.90 Å². The summed E-state index contributed by atoms with van der Waals surface area (Å²) in [7, 11) is 0. The largest absolute Gasteiger partial charge is 0.490 e. The predicted molar refractivity (Wildman–Crippen MR) is 111 cm³/mol. The van der Waals surface area contributed by atoms with Crippen LogP contribution < -0.4 is 10.2 Å². The number of rotatable bonds is 4. The molecule has 0 atom stereocenters. The summed E-state index contributed by atoms with van der Waals surface area (Å²) in [6.07, 6.45) is -3.65. The fraction of sp³-hybridized carbons (Fsp3) is 0.304. The Morgan fingerprint density at radius 1 is 0.879 bits per heavy atom. The summed E-state index contributed by atoms with van der Waals surface area (Å²) in [4.78, 5) is 50.5. The van der Waals surface area contributed by atoms with Gasteiger partial charge in [-0.25, -0.2) is 9.69 Å². The molecule has 7 nitrogen and oxygen atoms in total. The first-order chi connectivity index (χ1) is 15.6. The van der Waals surface area contributed by atoms with Crippen molar-refractivity contribution in [1.29, 1.82) is 0 Å². The average molecular weight is 460 g/mol. The van der Waals surface area contributed by atoms with Crippen LogP contribution in [-0.4, -0.2) is 35.5 Å². The molecule has 1 saturated carbocycles. The van der Waals surface area contributed by atoms with Gasteiger partial charge in [-0.3, -0.25) is 14.4 Å². The Kier molecular flexibility index (Phi) is 5.69. The Bertz CT molecular complexity index is 1090. The summed E-state index contributed by atoms with van der Waals surface area (Å²) < 4.78 is 42.9. The molecule has 10 heteroatoms. The normalized spacial score (nSPS) is 17.5. The number of carbonyl (C=O) groups excluding carboxylic acids is 4. The van der Waals surface area contributed by atoms with Crippen LogP contribution in [0.2, 0.25) is 0 Å². The van der Waals surface area contributed by atoms with Crippen molar-refractivity contribution in [3.63, 3.8) is 0 Å². The van der Waals surface area contributed by atoms with Gasteiger partial charge in [0.05, 0.1) is 16.8 Å². The average Bonchev–Trinajstić information content (AvgIpc) is 3.05. The van der Waals surface area contributed by atoms with Gasteiger partial charge in [0.1, 0.15) is 0 Å². The van der Waals surface area contributed by atoms with Gasteiger partial charge in [0.25, 0.3) is 17.7 Å². The molecule has 0 unspecified atom stereocenters. The topological polar surface area (TPSA) is 92.8 Å². The maximum atomic E-state index is 12.9. The van der Waals surface area contributed by atoms with Gasteiger partial charge < -0.3 is 10.1 Å². The smallest absolute Gasteiger partial charge is 0.442 e.